The van der Waals surface area contributed by atoms with Crippen LogP contribution in [0.25, 0.3) is 255 Å². The van der Waals surface area contributed by atoms with Crippen molar-refractivity contribution in [1.29, 1.82) is 0 Å². The first kappa shape index (κ1) is 69.8. The second kappa shape index (κ2) is 27.7. The summed E-state index contributed by atoms with van der Waals surface area (Å²) in [6.07, 6.45) is 0. The first-order valence-corrected chi connectivity index (χ1v) is 43.4. The Morgan fingerprint density at radius 3 is 1.14 bits per heavy atom. The summed E-state index contributed by atoms with van der Waals surface area (Å²) in [5, 5.41) is 27.3. The molecule has 0 amide bonds. The molecule has 28 aromatic rings. The molecule has 10 nitrogen and oxygen atoms in total. The number of para-hydroxylation sites is 6. The molecule has 0 aliphatic carbocycles. The van der Waals surface area contributed by atoms with Crippen LogP contribution in [0, 0.1) is 0 Å². The van der Waals surface area contributed by atoms with Gasteiger partial charge in [-0.05, 0) is 70.8 Å². The first-order chi connectivity index (χ1) is 61.6. The molecule has 0 atom stereocenters. The Hall–Kier alpha value is -16.1. The smallest absolute Gasteiger partial charge is 0.235 e. The average molecular weight is 1620 g/mol. The van der Waals surface area contributed by atoms with E-state index < -0.39 is 0 Å². The Kier molecular flexibility index (Phi) is 15.6. The quantitative estimate of drug-likeness (QED) is 0.153. The van der Waals surface area contributed by atoms with Gasteiger partial charge in [-0.3, -0.25) is 13.7 Å². The highest BCUT2D eigenvalue weighted by Crippen LogP contribution is 2.52. The molecule has 28 rings (SSSR count). The number of benzene rings is 19. The molecule has 0 saturated heterocycles. The van der Waals surface area contributed by atoms with Gasteiger partial charge in [-0.15, -0.1) is 22.7 Å². The van der Waals surface area contributed by atoms with Gasteiger partial charge in [-0.25, -0.2) is 29.9 Å². The zero-order valence-electron chi connectivity index (χ0n) is 66.3. The number of hydrogen-bond acceptors (Lipinski definition) is 9. The number of aromatic nitrogens is 9. The second-order valence-corrected chi connectivity index (χ2v) is 33.8. The highest BCUT2D eigenvalue weighted by Gasteiger charge is 2.29. The van der Waals surface area contributed by atoms with Gasteiger partial charge in [-0.1, -0.05) is 340 Å². The molecule has 0 bridgehead atoms. The fourth-order valence-corrected chi connectivity index (χ4v) is 22.2. The summed E-state index contributed by atoms with van der Waals surface area (Å²) in [5.41, 5.74) is 17.3. The lowest BCUT2D eigenvalue weighted by atomic mass is 9.99. The molecule has 0 spiro atoms. The maximum Gasteiger partial charge on any atom is 0.235 e. The minimum absolute atomic E-state index is 0.654. The number of thiophene rings is 2. The van der Waals surface area contributed by atoms with Crippen molar-refractivity contribution in [2.45, 2.75) is 0 Å². The molecule has 19 aromatic carbocycles. The summed E-state index contributed by atoms with van der Waals surface area (Å²) in [5.74, 6) is 2.03. The van der Waals surface area contributed by atoms with E-state index >= 15 is 0 Å². The topological polar surface area (TPSA) is 105 Å². The van der Waals surface area contributed by atoms with Crippen molar-refractivity contribution in [3.63, 3.8) is 0 Å². The van der Waals surface area contributed by atoms with Gasteiger partial charge in [-0.2, -0.15) is 0 Å². The highest BCUT2D eigenvalue weighted by atomic mass is 32.1. The molecule has 0 saturated carbocycles. The van der Waals surface area contributed by atoms with Crippen LogP contribution in [0.5, 0.6) is 0 Å². The van der Waals surface area contributed by atoms with E-state index in [-0.39, 0.29) is 0 Å². The number of nitrogens with zero attached hydrogens (tertiary/aromatic N) is 9. The van der Waals surface area contributed by atoms with Crippen LogP contribution in [0.15, 0.2) is 399 Å². The van der Waals surface area contributed by atoms with Crippen molar-refractivity contribution < 1.29 is 4.42 Å². The summed E-state index contributed by atoms with van der Waals surface area (Å²) in [4.78, 5) is 31.8. The lowest BCUT2D eigenvalue weighted by Gasteiger charge is -2.14. The van der Waals surface area contributed by atoms with Crippen LogP contribution in [0.1, 0.15) is 0 Å². The molecule has 9 heterocycles. The van der Waals surface area contributed by atoms with E-state index in [2.05, 4.69) is 372 Å². The lowest BCUT2D eigenvalue weighted by Crippen LogP contribution is -2.04. The predicted octanol–water partition coefficient (Wildman–Crippen LogP) is 30.4. The second-order valence-electron chi connectivity index (χ2n) is 31.7. The van der Waals surface area contributed by atoms with Gasteiger partial charge in [0.05, 0.1) is 71.4 Å². The Morgan fingerprint density at radius 1 is 0.210 bits per heavy atom. The predicted molar refractivity (Wildman–Crippen MR) is 521 cm³/mol. The number of furan rings is 1. The van der Waals surface area contributed by atoms with Crippen LogP contribution in [-0.2, 0) is 0 Å². The van der Waals surface area contributed by atoms with Crippen molar-refractivity contribution >= 4 is 226 Å². The Bertz CT molecular complexity index is 9000. The molecular weight excluding hydrogens is 1550 g/mol. The standard InChI is InChI=1S/C40H23N3S.C36H21N3O.C36H21N3S/c1-2-13-25(14-3-1)36-31-23-22-24-12-4-5-15-26(24)37(31)42-40(41-36)43-32-20-10-8-18-29(32)34-27-16-6-7-17-28(27)35-30-19-9-11-21-33(30)44-39(35)38(34)43;2*1-2-12-22(13-3-1)33-25-16-6-9-19-28(25)37-36(38-33)39-29-20-10-7-17-26(29)31-32-27-18-8-11-21-30(27)40-35(32)24-15-5-4-14-23(24)34(31)39/h1-23H;2*1-21H. The van der Waals surface area contributed by atoms with Crippen molar-refractivity contribution in [3.05, 3.63) is 394 Å². The molecule has 0 aliphatic rings. The van der Waals surface area contributed by atoms with Crippen molar-refractivity contribution in [2.24, 2.45) is 0 Å². The summed E-state index contributed by atoms with van der Waals surface area (Å²) >= 11 is 3.74. The molecule has 0 fully saturated rings. The molecule has 124 heavy (non-hydrogen) atoms. The van der Waals surface area contributed by atoms with Gasteiger partial charge in [0.2, 0.25) is 17.8 Å². The highest BCUT2D eigenvalue weighted by molar-refractivity contribution is 7.27. The molecule has 0 aliphatic heterocycles. The molecule has 0 unspecified atom stereocenters. The average Bonchev–Trinajstić information content (AvgIpc) is 1.54. The minimum atomic E-state index is 0.654. The third-order valence-electron chi connectivity index (χ3n) is 24.9. The summed E-state index contributed by atoms with van der Waals surface area (Å²) in [7, 11) is 0. The van der Waals surface area contributed by atoms with Crippen LogP contribution < -0.4 is 0 Å². The lowest BCUT2D eigenvalue weighted by molar-refractivity contribution is 0.673. The third kappa shape index (κ3) is 10.5. The van der Waals surface area contributed by atoms with Crippen LogP contribution in [0.4, 0.5) is 0 Å². The molecule has 0 N–H and O–H groups in total. The zero-order chi connectivity index (χ0) is 81.2. The maximum absolute atomic E-state index is 6.53. The number of hydrogen-bond donors (Lipinski definition) is 0. The Morgan fingerprint density at radius 2 is 0.581 bits per heavy atom. The fourth-order valence-electron chi connectivity index (χ4n) is 19.7. The molecule has 0 radical (unpaired) electrons. The summed E-state index contributed by atoms with van der Waals surface area (Å²) < 4.78 is 18.6. The molecule has 9 aromatic heterocycles. The molecule has 12 heteroatoms. The summed E-state index contributed by atoms with van der Waals surface area (Å²) in [6.45, 7) is 0. The Labute approximate surface area is 715 Å². The van der Waals surface area contributed by atoms with Crippen molar-refractivity contribution in [2.75, 3.05) is 0 Å². The van der Waals surface area contributed by atoms with Crippen LogP contribution >= 0.6 is 22.7 Å². The van der Waals surface area contributed by atoms with Crippen molar-refractivity contribution in [1.82, 2.24) is 43.6 Å². The Balaban J connectivity index is 0.0000000996. The van der Waals surface area contributed by atoms with Gasteiger partial charge >= 0.3 is 0 Å². The van der Waals surface area contributed by atoms with Gasteiger partial charge in [0.25, 0.3) is 0 Å². The zero-order valence-corrected chi connectivity index (χ0v) is 67.9. The van der Waals surface area contributed by atoms with Crippen LogP contribution in [0.3, 0.4) is 0 Å². The van der Waals surface area contributed by atoms with E-state index in [1.165, 1.54) is 94.3 Å². The van der Waals surface area contributed by atoms with E-state index in [9.17, 15) is 0 Å². The number of fused-ring (bicyclic) bond motifs is 35. The van der Waals surface area contributed by atoms with Gasteiger partial charge in [0.1, 0.15) is 11.2 Å². The van der Waals surface area contributed by atoms with Crippen molar-refractivity contribution in [3.8, 4) is 51.6 Å². The van der Waals surface area contributed by atoms with E-state index in [0.717, 1.165) is 143 Å². The van der Waals surface area contributed by atoms with E-state index in [0.29, 0.717) is 17.8 Å². The van der Waals surface area contributed by atoms with E-state index in [1.807, 2.05) is 59.1 Å². The first-order valence-electron chi connectivity index (χ1n) is 41.7. The largest absolute Gasteiger partial charge is 0.455 e. The normalized spacial score (nSPS) is 12.0. The third-order valence-corrected chi connectivity index (χ3v) is 27.3. The van der Waals surface area contributed by atoms with Gasteiger partial charge in [0, 0.05) is 139 Å². The summed E-state index contributed by atoms with van der Waals surface area (Å²) in [6, 6.07) is 139. The number of rotatable bonds is 6. The van der Waals surface area contributed by atoms with Crippen LogP contribution in [0.2, 0.25) is 0 Å². The SMILES string of the molecule is c1ccc(-c2nc(-n3c4ccccc4c4c5c6ccccc6oc5c5ccccc5c43)nc3ccccc23)cc1.c1ccc(-c2nc(-n3c4ccccc4c4c5c6ccccc6sc5c5ccccc5c43)nc3ccccc23)cc1.c1ccc(-c2nc(-n3c4ccccc4c4c5ccccc5c5c6ccccc6sc5c43)nc3c2ccc2ccccc23)cc1. The van der Waals surface area contributed by atoms with E-state index in [1.54, 1.807) is 0 Å². The minimum Gasteiger partial charge on any atom is -0.455 e. The van der Waals surface area contributed by atoms with Crippen LogP contribution in [-0.4, -0.2) is 43.6 Å². The maximum atomic E-state index is 6.53. The monoisotopic (exact) mass is 1620 g/mol. The van der Waals surface area contributed by atoms with Gasteiger partial charge in [0.15, 0.2) is 0 Å². The molecule has 576 valence electrons. The fraction of sp³-hybridized carbons (Fsp3) is 0. The van der Waals surface area contributed by atoms with Gasteiger partial charge < -0.3 is 4.42 Å². The van der Waals surface area contributed by atoms with E-state index in [4.69, 9.17) is 34.3 Å². The molecular formula is C112H65N9OS2.